The van der Waals surface area contributed by atoms with Crippen molar-refractivity contribution in [3.63, 3.8) is 0 Å². The molecule has 0 spiro atoms. The number of alkyl halides is 2. The SMILES string of the molecule is NC(=O)c1ccc(C(F)F)c(Oc2ccc(OCCOC3CCOCC3)cc2)c1. The van der Waals surface area contributed by atoms with Gasteiger partial charge in [0, 0.05) is 18.8 Å². The minimum atomic E-state index is -2.75. The Bertz CT molecular complexity index is 807. The lowest BCUT2D eigenvalue weighted by molar-refractivity contribution is -0.0388. The number of rotatable bonds is 9. The molecule has 6 nitrogen and oxygen atoms in total. The summed E-state index contributed by atoms with van der Waals surface area (Å²) >= 11 is 0. The molecule has 1 aliphatic heterocycles. The zero-order chi connectivity index (χ0) is 20.6. The first-order chi connectivity index (χ1) is 14.0. The molecule has 2 aromatic carbocycles. The van der Waals surface area contributed by atoms with E-state index in [4.69, 9.17) is 24.7 Å². The number of carbonyl (C=O) groups excluding carboxylic acids is 1. The van der Waals surface area contributed by atoms with Crippen LogP contribution < -0.4 is 15.2 Å². The lowest BCUT2D eigenvalue weighted by Crippen LogP contribution is -2.25. The van der Waals surface area contributed by atoms with Crippen LogP contribution in [0.5, 0.6) is 17.2 Å². The third kappa shape index (κ3) is 6.13. The van der Waals surface area contributed by atoms with Crippen LogP contribution in [0.1, 0.15) is 35.2 Å². The highest BCUT2D eigenvalue weighted by Gasteiger charge is 2.17. The van der Waals surface area contributed by atoms with Crippen molar-refractivity contribution in [3.8, 4) is 17.2 Å². The Morgan fingerprint density at radius 2 is 1.76 bits per heavy atom. The van der Waals surface area contributed by atoms with Gasteiger partial charge in [0.05, 0.1) is 18.3 Å². The summed E-state index contributed by atoms with van der Waals surface area (Å²) in [5.41, 5.74) is 4.99. The molecule has 1 amide bonds. The van der Waals surface area contributed by atoms with E-state index in [1.807, 2.05) is 0 Å². The molecule has 0 atom stereocenters. The highest BCUT2D eigenvalue weighted by Crippen LogP contribution is 2.33. The van der Waals surface area contributed by atoms with Crippen molar-refractivity contribution in [3.05, 3.63) is 53.6 Å². The van der Waals surface area contributed by atoms with E-state index in [1.54, 1.807) is 24.3 Å². The molecule has 0 aromatic heterocycles. The van der Waals surface area contributed by atoms with Gasteiger partial charge < -0.3 is 24.7 Å². The van der Waals surface area contributed by atoms with Crippen molar-refractivity contribution in [2.45, 2.75) is 25.4 Å². The Balaban J connectivity index is 1.55. The predicted molar refractivity (Wildman–Crippen MR) is 102 cm³/mol. The van der Waals surface area contributed by atoms with Gasteiger partial charge in [-0.05, 0) is 55.3 Å². The van der Waals surface area contributed by atoms with Gasteiger partial charge in [0.25, 0.3) is 6.43 Å². The number of hydrogen-bond donors (Lipinski definition) is 1. The average Bonchev–Trinajstić information content (AvgIpc) is 2.73. The first-order valence-corrected chi connectivity index (χ1v) is 9.35. The summed E-state index contributed by atoms with van der Waals surface area (Å²) in [4.78, 5) is 11.3. The summed E-state index contributed by atoms with van der Waals surface area (Å²) in [7, 11) is 0. The monoisotopic (exact) mass is 407 g/mol. The van der Waals surface area contributed by atoms with E-state index in [9.17, 15) is 13.6 Å². The molecule has 1 saturated heterocycles. The molecular formula is C21H23F2NO5. The van der Waals surface area contributed by atoms with Crippen LogP contribution in [0.15, 0.2) is 42.5 Å². The van der Waals surface area contributed by atoms with Crippen LogP contribution in [-0.4, -0.2) is 38.4 Å². The predicted octanol–water partition coefficient (Wildman–Crippen LogP) is 4.09. The number of amides is 1. The van der Waals surface area contributed by atoms with Gasteiger partial charge in [0.2, 0.25) is 5.91 Å². The molecule has 29 heavy (non-hydrogen) atoms. The molecule has 2 aromatic rings. The summed E-state index contributed by atoms with van der Waals surface area (Å²) in [5.74, 6) is 0.101. The molecule has 3 rings (SSSR count). The number of ether oxygens (including phenoxy) is 4. The Labute approximate surface area is 167 Å². The third-order valence-electron chi connectivity index (χ3n) is 4.46. The van der Waals surface area contributed by atoms with Crippen molar-refractivity contribution in [2.75, 3.05) is 26.4 Å². The zero-order valence-electron chi connectivity index (χ0n) is 15.8. The van der Waals surface area contributed by atoms with E-state index < -0.39 is 12.3 Å². The third-order valence-corrected chi connectivity index (χ3v) is 4.46. The number of primary amides is 1. The highest BCUT2D eigenvalue weighted by molar-refractivity contribution is 5.93. The van der Waals surface area contributed by atoms with E-state index in [0.29, 0.717) is 24.7 Å². The quantitative estimate of drug-likeness (QED) is 0.634. The van der Waals surface area contributed by atoms with Gasteiger partial charge in [-0.25, -0.2) is 8.78 Å². The van der Waals surface area contributed by atoms with Crippen LogP contribution in [0.4, 0.5) is 8.78 Å². The molecule has 0 bridgehead atoms. The maximum absolute atomic E-state index is 13.2. The van der Waals surface area contributed by atoms with E-state index in [1.165, 1.54) is 12.1 Å². The molecule has 8 heteroatoms. The van der Waals surface area contributed by atoms with Crippen LogP contribution in [-0.2, 0) is 9.47 Å². The van der Waals surface area contributed by atoms with Crippen molar-refractivity contribution >= 4 is 5.91 Å². The maximum atomic E-state index is 13.2. The fourth-order valence-electron chi connectivity index (χ4n) is 2.90. The normalized spacial score (nSPS) is 14.7. The second-order valence-electron chi connectivity index (χ2n) is 6.52. The number of benzene rings is 2. The largest absolute Gasteiger partial charge is 0.491 e. The lowest BCUT2D eigenvalue weighted by atomic mass is 10.1. The van der Waals surface area contributed by atoms with Crippen molar-refractivity contribution in [1.29, 1.82) is 0 Å². The van der Waals surface area contributed by atoms with E-state index >= 15 is 0 Å². The molecular weight excluding hydrogens is 384 g/mol. The van der Waals surface area contributed by atoms with Gasteiger partial charge in [-0.1, -0.05) is 0 Å². The van der Waals surface area contributed by atoms with Gasteiger partial charge in [-0.3, -0.25) is 4.79 Å². The highest BCUT2D eigenvalue weighted by atomic mass is 19.3. The van der Waals surface area contributed by atoms with Gasteiger partial charge in [-0.2, -0.15) is 0 Å². The second kappa shape index (κ2) is 10.2. The number of nitrogens with two attached hydrogens (primary N) is 1. The lowest BCUT2D eigenvalue weighted by Gasteiger charge is -2.22. The molecule has 0 radical (unpaired) electrons. The van der Waals surface area contributed by atoms with Crippen LogP contribution in [0.3, 0.4) is 0 Å². The summed E-state index contributed by atoms with van der Waals surface area (Å²) in [6, 6.07) is 10.1. The zero-order valence-corrected chi connectivity index (χ0v) is 15.8. The van der Waals surface area contributed by atoms with E-state index in [-0.39, 0.29) is 23.0 Å². The first kappa shape index (κ1) is 21.0. The number of carbonyl (C=O) groups is 1. The van der Waals surface area contributed by atoms with Crippen LogP contribution in [0.25, 0.3) is 0 Å². The minimum Gasteiger partial charge on any atom is -0.491 e. The molecule has 0 unspecified atom stereocenters. The number of halogens is 2. The Morgan fingerprint density at radius 1 is 1.07 bits per heavy atom. The minimum absolute atomic E-state index is 0.0916. The van der Waals surface area contributed by atoms with Gasteiger partial charge >= 0.3 is 0 Å². The Hall–Kier alpha value is -2.71. The summed E-state index contributed by atoms with van der Waals surface area (Å²) in [6.45, 7) is 2.32. The molecule has 1 aliphatic rings. The van der Waals surface area contributed by atoms with Gasteiger partial charge in [0.1, 0.15) is 23.9 Å². The van der Waals surface area contributed by atoms with Crippen LogP contribution in [0, 0.1) is 0 Å². The molecule has 1 fully saturated rings. The fourth-order valence-corrected chi connectivity index (χ4v) is 2.90. The maximum Gasteiger partial charge on any atom is 0.267 e. The summed E-state index contributed by atoms with van der Waals surface area (Å²) < 4.78 is 48.6. The summed E-state index contributed by atoms with van der Waals surface area (Å²) in [6.07, 6.45) is -0.749. The van der Waals surface area contributed by atoms with Crippen molar-refractivity contribution in [2.24, 2.45) is 5.73 Å². The molecule has 1 heterocycles. The van der Waals surface area contributed by atoms with Gasteiger partial charge in [0.15, 0.2) is 0 Å². The fraction of sp³-hybridized carbons (Fsp3) is 0.381. The van der Waals surface area contributed by atoms with Crippen LogP contribution in [0.2, 0.25) is 0 Å². The van der Waals surface area contributed by atoms with E-state index in [2.05, 4.69) is 0 Å². The Morgan fingerprint density at radius 3 is 2.41 bits per heavy atom. The van der Waals surface area contributed by atoms with Crippen molar-refractivity contribution in [1.82, 2.24) is 0 Å². The topological polar surface area (TPSA) is 80.0 Å². The van der Waals surface area contributed by atoms with Crippen LogP contribution >= 0.6 is 0 Å². The molecule has 0 aliphatic carbocycles. The second-order valence-corrected chi connectivity index (χ2v) is 6.52. The molecule has 2 N–H and O–H groups in total. The van der Waals surface area contributed by atoms with Gasteiger partial charge in [-0.15, -0.1) is 0 Å². The number of hydrogen-bond acceptors (Lipinski definition) is 5. The van der Waals surface area contributed by atoms with Crippen molar-refractivity contribution < 1.29 is 32.5 Å². The summed E-state index contributed by atoms with van der Waals surface area (Å²) in [5, 5.41) is 0. The molecule has 156 valence electrons. The smallest absolute Gasteiger partial charge is 0.267 e. The average molecular weight is 407 g/mol. The Kier molecular flexibility index (Phi) is 7.37. The first-order valence-electron chi connectivity index (χ1n) is 9.35. The molecule has 0 saturated carbocycles. The standard InChI is InChI=1S/C21H23F2NO5/c22-20(23)18-6-1-14(21(24)25)13-19(18)29-17-4-2-15(3-5-17)27-11-12-28-16-7-9-26-10-8-16/h1-6,13,16,20H,7-12H2,(H2,24,25). The van der Waals surface area contributed by atoms with E-state index in [0.717, 1.165) is 32.1 Å².